The van der Waals surface area contributed by atoms with Crippen molar-refractivity contribution in [2.24, 2.45) is 4.99 Å². The van der Waals surface area contributed by atoms with E-state index in [9.17, 15) is 9.59 Å². The summed E-state index contributed by atoms with van der Waals surface area (Å²) < 4.78 is 21.5. The van der Waals surface area contributed by atoms with E-state index in [4.69, 9.17) is 19.2 Å². The van der Waals surface area contributed by atoms with E-state index in [1.807, 2.05) is 42.5 Å². The van der Waals surface area contributed by atoms with Crippen molar-refractivity contribution in [1.82, 2.24) is 9.13 Å². The van der Waals surface area contributed by atoms with Crippen LogP contribution in [0.3, 0.4) is 0 Å². The second kappa shape index (κ2) is 11.4. The van der Waals surface area contributed by atoms with E-state index in [1.54, 1.807) is 25.5 Å². The maximum atomic E-state index is 14.2. The molecule has 2 atom stereocenters. The van der Waals surface area contributed by atoms with Crippen molar-refractivity contribution >= 4 is 34.2 Å². The zero-order valence-corrected chi connectivity index (χ0v) is 25.4. The van der Waals surface area contributed by atoms with Crippen LogP contribution in [-0.4, -0.2) is 41.5 Å². The van der Waals surface area contributed by atoms with Gasteiger partial charge in [-0.2, -0.15) is 0 Å². The lowest BCUT2D eigenvalue weighted by atomic mass is 9.91. The number of esters is 1. The minimum absolute atomic E-state index is 0.193. The molecule has 2 aliphatic rings. The molecule has 1 fully saturated rings. The third kappa shape index (κ3) is 4.80. The summed E-state index contributed by atoms with van der Waals surface area (Å²) in [5, 5.41) is 1.79. The van der Waals surface area contributed by atoms with Crippen molar-refractivity contribution in [2.45, 2.75) is 59.2 Å². The fourth-order valence-electron chi connectivity index (χ4n) is 6.18. The van der Waals surface area contributed by atoms with Crippen LogP contribution in [0.1, 0.15) is 55.2 Å². The lowest BCUT2D eigenvalue weighted by Gasteiger charge is -2.26. The lowest BCUT2D eigenvalue weighted by molar-refractivity contribution is -0.139. The Morgan fingerprint density at radius 2 is 1.95 bits per heavy atom. The average molecular weight is 586 g/mol. The number of aromatic nitrogens is 2. The Bertz CT molecular complexity index is 1910. The minimum atomic E-state index is -0.704. The quantitative estimate of drug-likeness (QED) is 0.297. The predicted octanol–water partition coefficient (Wildman–Crippen LogP) is 4.56. The van der Waals surface area contributed by atoms with Gasteiger partial charge in [-0.3, -0.25) is 9.36 Å². The van der Waals surface area contributed by atoms with E-state index in [-0.39, 0.29) is 18.3 Å². The molecule has 1 saturated heterocycles. The van der Waals surface area contributed by atoms with E-state index in [0.29, 0.717) is 20.6 Å². The van der Waals surface area contributed by atoms with Crippen molar-refractivity contribution < 1.29 is 19.0 Å². The molecular weight excluding hydrogens is 550 g/mol. The fourth-order valence-corrected chi connectivity index (χ4v) is 7.22. The first-order chi connectivity index (χ1) is 20.3. The van der Waals surface area contributed by atoms with E-state index in [2.05, 4.69) is 24.5 Å². The highest BCUT2D eigenvalue weighted by molar-refractivity contribution is 7.07. The summed E-state index contributed by atoms with van der Waals surface area (Å²) in [5.41, 5.74) is 4.73. The fraction of sp³-hybridized carbons (Fsp3) is 0.364. The van der Waals surface area contributed by atoms with Crippen LogP contribution in [0.25, 0.3) is 16.8 Å². The standard InChI is InChI=1S/C33H35N3O5S/c1-6-40-32(38)29-20(3)34-33-36(30(29)26-13-14-27(39-5)25-12-8-7-11-24(25)26)31(37)28(42-33)17-22-16-19(2)35(21(22)4)18-23-10-9-15-41-23/h7-8,11-14,16-17,23,30H,6,9-10,15,18H2,1-5H3/t23-,30-/m1/s1. The van der Waals surface area contributed by atoms with Gasteiger partial charge >= 0.3 is 5.97 Å². The highest BCUT2D eigenvalue weighted by Crippen LogP contribution is 2.38. The maximum absolute atomic E-state index is 14.2. The number of carbonyl (C=O) groups excluding carboxylic acids is 1. The van der Waals surface area contributed by atoms with Gasteiger partial charge in [0.2, 0.25) is 0 Å². The first-order valence-corrected chi connectivity index (χ1v) is 15.2. The zero-order valence-electron chi connectivity index (χ0n) is 24.6. The van der Waals surface area contributed by atoms with Crippen molar-refractivity contribution in [3.63, 3.8) is 0 Å². The molecule has 0 saturated carbocycles. The Labute approximate surface area is 248 Å². The molecule has 2 aromatic carbocycles. The molecule has 2 aromatic heterocycles. The van der Waals surface area contributed by atoms with Gasteiger partial charge in [0.25, 0.3) is 5.56 Å². The van der Waals surface area contributed by atoms with E-state index >= 15 is 0 Å². The molecular formula is C33H35N3O5S. The summed E-state index contributed by atoms with van der Waals surface area (Å²) in [5.74, 6) is 0.245. The molecule has 0 radical (unpaired) electrons. The number of fused-ring (bicyclic) bond motifs is 2. The molecule has 0 amide bonds. The van der Waals surface area contributed by atoms with Gasteiger partial charge in [-0.25, -0.2) is 9.79 Å². The normalized spacial score (nSPS) is 18.8. The van der Waals surface area contributed by atoms with Crippen LogP contribution in [0.4, 0.5) is 0 Å². The van der Waals surface area contributed by atoms with E-state index in [1.165, 1.54) is 11.3 Å². The highest BCUT2D eigenvalue weighted by Gasteiger charge is 2.34. The van der Waals surface area contributed by atoms with Crippen LogP contribution in [0, 0.1) is 13.8 Å². The molecule has 8 nitrogen and oxygen atoms in total. The van der Waals surface area contributed by atoms with E-state index < -0.39 is 12.0 Å². The van der Waals surface area contributed by atoms with E-state index in [0.717, 1.165) is 65.0 Å². The first kappa shape index (κ1) is 28.2. The molecule has 2 aliphatic heterocycles. The monoisotopic (exact) mass is 585 g/mol. The Morgan fingerprint density at radius 1 is 1.17 bits per heavy atom. The number of hydrogen-bond donors (Lipinski definition) is 0. The number of thiazole rings is 1. The summed E-state index contributed by atoms with van der Waals surface area (Å²) in [6.45, 7) is 9.59. The first-order valence-electron chi connectivity index (χ1n) is 14.4. The smallest absolute Gasteiger partial charge is 0.338 e. The summed E-state index contributed by atoms with van der Waals surface area (Å²) in [6, 6.07) is 13.1. The molecule has 0 bridgehead atoms. The number of aryl methyl sites for hydroxylation is 1. The molecule has 0 N–H and O–H groups in total. The summed E-state index contributed by atoms with van der Waals surface area (Å²) in [4.78, 5) is 32.9. The van der Waals surface area contributed by atoms with Crippen molar-refractivity contribution in [1.29, 1.82) is 0 Å². The number of hydrogen-bond acceptors (Lipinski definition) is 7. The largest absolute Gasteiger partial charge is 0.496 e. The number of allylic oxidation sites excluding steroid dienone is 1. The van der Waals surface area contributed by atoms with Gasteiger partial charge in [-0.1, -0.05) is 41.7 Å². The topological polar surface area (TPSA) is 84.0 Å². The molecule has 4 aromatic rings. The number of rotatable bonds is 7. The van der Waals surface area contributed by atoms with Crippen LogP contribution in [0.5, 0.6) is 5.75 Å². The molecule has 0 aliphatic carbocycles. The van der Waals surface area contributed by atoms with Crippen LogP contribution in [0.15, 0.2) is 63.5 Å². The van der Waals surface area contributed by atoms with Crippen LogP contribution in [0.2, 0.25) is 0 Å². The molecule has 0 unspecified atom stereocenters. The molecule has 4 heterocycles. The second-order valence-electron chi connectivity index (χ2n) is 10.8. The number of benzene rings is 2. The Balaban J connectivity index is 1.54. The molecule has 6 rings (SSSR count). The third-order valence-corrected chi connectivity index (χ3v) is 9.24. The molecule has 42 heavy (non-hydrogen) atoms. The van der Waals surface area contributed by atoms with Gasteiger partial charge in [-0.05, 0) is 75.3 Å². The summed E-state index contributed by atoms with van der Waals surface area (Å²) in [7, 11) is 1.64. The van der Waals surface area contributed by atoms with Gasteiger partial charge in [0.05, 0.1) is 41.7 Å². The van der Waals surface area contributed by atoms with Gasteiger partial charge in [0.1, 0.15) is 5.75 Å². The van der Waals surface area contributed by atoms with Crippen LogP contribution in [-0.2, 0) is 20.8 Å². The number of ether oxygens (including phenoxy) is 3. The van der Waals surface area contributed by atoms with Crippen molar-refractivity contribution in [3.05, 3.63) is 95.9 Å². The SMILES string of the molecule is CCOC(=O)C1=C(C)N=c2sc(=Cc3cc(C)n(C[C@H]4CCCO4)c3C)c(=O)n2[C@@H]1c1ccc(OC)c2ccccc12. The molecule has 218 valence electrons. The molecule has 0 spiro atoms. The van der Waals surface area contributed by atoms with Gasteiger partial charge in [-0.15, -0.1) is 0 Å². The minimum Gasteiger partial charge on any atom is -0.496 e. The lowest BCUT2D eigenvalue weighted by Crippen LogP contribution is -2.40. The predicted molar refractivity (Wildman–Crippen MR) is 164 cm³/mol. The third-order valence-electron chi connectivity index (χ3n) is 8.26. The zero-order chi connectivity index (χ0) is 29.5. The summed E-state index contributed by atoms with van der Waals surface area (Å²) in [6.07, 6.45) is 4.32. The van der Waals surface area contributed by atoms with Gasteiger partial charge in [0, 0.05) is 29.9 Å². The average Bonchev–Trinajstić information content (AvgIpc) is 3.67. The number of nitrogens with zero attached hydrogens (tertiary/aromatic N) is 3. The Kier molecular flexibility index (Phi) is 7.64. The van der Waals surface area contributed by atoms with Crippen molar-refractivity contribution in [2.75, 3.05) is 20.3 Å². The van der Waals surface area contributed by atoms with Gasteiger partial charge < -0.3 is 18.8 Å². The number of carbonyl (C=O) groups is 1. The molecule has 9 heteroatoms. The maximum Gasteiger partial charge on any atom is 0.338 e. The van der Waals surface area contributed by atoms with Crippen LogP contribution < -0.4 is 19.6 Å². The Hall–Kier alpha value is -3.95. The Morgan fingerprint density at radius 3 is 2.67 bits per heavy atom. The second-order valence-corrected chi connectivity index (χ2v) is 11.8. The van der Waals surface area contributed by atoms with Crippen LogP contribution >= 0.6 is 11.3 Å². The van der Waals surface area contributed by atoms with Crippen molar-refractivity contribution in [3.8, 4) is 5.75 Å². The summed E-state index contributed by atoms with van der Waals surface area (Å²) >= 11 is 1.34. The van der Waals surface area contributed by atoms with Gasteiger partial charge in [0.15, 0.2) is 4.80 Å². The number of methoxy groups -OCH3 is 1. The highest BCUT2D eigenvalue weighted by atomic mass is 32.1.